The highest BCUT2D eigenvalue weighted by Gasteiger charge is 2.63. The number of fused-ring (bicyclic) bond motifs is 2. The number of likely N-dealkylation sites (N-methyl/N-ethyl adjacent to an activating group) is 1. The molecule has 37 heavy (non-hydrogen) atoms. The molecule has 1 saturated carbocycles. The van der Waals surface area contributed by atoms with Crippen LogP contribution in [0.2, 0.25) is 0 Å². The third-order valence-electron chi connectivity index (χ3n) is 7.10. The van der Waals surface area contributed by atoms with Gasteiger partial charge in [0.25, 0.3) is 0 Å². The summed E-state index contributed by atoms with van der Waals surface area (Å²) < 4.78 is 13.4. The van der Waals surface area contributed by atoms with Crippen LogP contribution in [0, 0.1) is 11.3 Å². The third kappa shape index (κ3) is 4.32. The van der Waals surface area contributed by atoms with E-state index >= 15 is 0 Å². The van der Waals surface area contributed by atoms with Crippen LogP contribution in [0.25, 0.3) is 33.5 Å². The summed E-state index contributed by atoms with van der Waals surface area (Å²) in [5.41, 5.74) is 3.97. The molecule has 2 aliphatic rings. The molecule has 4 heterocycles. The van der Waals surface area contributed by atoms with Gasteiger partial charge in [0.15, 0.2) is 11.6 Å². The van der Waals surface area contributed by atoms with Crippen LogP contribution in [-0.4, -0.2) is 76.0 Å². The molecule has 0 radical (unpaired) electrons. The molecule has 190 valence electrons. The van der Waals surface area contributed by atoms with Crippen molar-refractivity contribution in [1.82, 2.24) is 29.6 Å². The first-order valence-corrected chi connectivity index (χ1v) is 12.4. The molecule has 1 aliphatic carbocycles. The lowest BCUT2D eigenvalue weighted by molar-refractivity contribution is -0.121. The van der Waals surface area contributed by atoms with Crippen molar-refractivity contribution in [1.29, 1.82) is 0 Å². The van der Waals surface area contributed by atoms with E-state index in [1.54, 1.807) is 4.68 Å². The van der Waals surface area contributed by atoms with Gasteiger partial charge in [0.05, 0.1) is 24.1 Å². The SMILES string of the molecule is CN(C)CCOc1cc2ncnc(-c3cn(C)nc3-c3ccccc3)c2nc1NC(=O)C12COCC1C2. The lowest BCUT2D eigenvalue weighted by Gasteiger charge is -2.17. The number of rotatable bonds is 8. The van der Waals surface area contributed by atoms with Gasteiger partial charge < -0.3 is 19.7 Å². The lowest BCUT2D eigenvalue weighted by Crippen LogP contribution is -2.28. The standard InChI is InChI=1S/C27H29N7O3/c1-33(2)9-10-37-21-11-20-24(30-25(21)31-26(35)27-12-18(27)14-36-15-27)23(29-16-28-20)19-13-34(3)32-22(19)17-7-5-4-6-8-17/h4-8,11,13,16,18H,9-10,12,14-15H2,1-3H3,(H,30,31,35). The molecule has 1 N–H and O–H groups in total. The number of carbonyl (C=O) groups is 1. The maximum absolute atomic E-state index is 13.3. The zero-order valence-corrected chi connectivity index (χ0v) is 21.1. The minimum absolute atomic E-state index is 0.0796. The van der Waals surface area contributed by atoms with Crippen LogP contribution in [0.15, 0.2) is 48.9 Å². The second-order valence-corrected chi connectivity index (χ2v) is 10.0. The molecule has 0 spiro atoms. The summed E-state index contributed by atoms with van der Waals surface area (Å²) in [7, 11) is 5.84. The zero-order chi connectivity index (χ0) is 25.6. The molecule has 3 aromatic heterocycles. The summed E-state index contributed by atoms with van der Waals surface area (Å²) in [6.07, 6.45) is 4.29. The number of benzene rings is 1. The molecule has 6 rings (SSSR count). The van der Waals surface area contributed by atoms with Crippen molar-refractivity contribution >= 4 is 22.8 Å². The van der Waals surface area contributed by atoms with Gasteiger partial charge in [-0.1, -0.05) is 30.3 Å². The van der Waals surface area contributed by atoms with Gasteiger partial charge in [0.1, 0.15) is 29.8 Å². The highest BCUT2D eigenvalue weighted by molar-refractivity contribution is 6.01. The van der Waals surface area contributed by atoms with Gasteiger partial charge in [-0.05, 0) is 20.5 Å². The number of hydrogen-bond donors (Lipinski definition) is 1. The monoisotopic (exact) mass is 499 g/mol. The lowest BCUT2D eigenvalue weighted by atomic mass is 10.0. The quantitative estimate of drug-likeness (QED) is 0.394. The Morgan fingerprint density at radius 1 is 1.24 bits per heavy atom. The van der Waals surface area contributed by atoms with Crippen LogP contribution in [0.1, 0.15) is 6.42 Å². The van der Waals surface area contributed by atoms with Crippen molar-refractivity contribution < 1.29 is 14.3 Å². The second kappa shape index (κ2) is 9.20. The Hall–Kier alpha value is -3.89. The molecular formula is C27H29N7O3. The molecular weight excluding hydrogens is 470 g/mol. The molecule has 4 aromatic rings. The van der Waals surface area contributed by atoms with E-state index in [0.29, 0.717) is 48.1 Å². The summed E-state index contributed by atoms with van der Waals surface area (Å²) in [6.45, 7) is 2.24. The van der Waals surface area contributed by atoms with Crippen LogP contribution in [0.5, 0.6) is 5.75 Å². The number of nitrogens with zero attached hydrogens (tertiary/aromatic N) is 6. The summed E-state index contributed by atoms with van der Waals surface area (Å²) in [5.74, 6) is 1.04. The summed E-state index contributed by atoms with van der Waals surface area (Å²) in [5, 5.41) is 7.74. The van der Waals surface area contributed by atoms with Gasteiger partial charge in [-0.3, -0.25) is 9.48 Å². The Labute approximate surface area is 214 Å². The molecule has 1 aliphatic heterocycles. The van der Waals surface area contributed by atoms with Gasteiger partial charge in [-0.25, -0.2) is 15.0 Å². The summed E-state index contributed by atoms with van der Waals surface area (Å²) in [6, 6.07) is 11.8. The fourth-order valence-corrected chi connectivity index (χ4v) is 4.91. The normalized spacial score (nSPS) is 20.3. The molecule has 1 aromatic carbocycles. The number of aromatic nitrogens is 5. The molecule has 2 atom stereocenters. The average Bonchev–Trinajstić information content (AvgIpc) is 3.23. The van der Waals surface area contributed by atoms with Gasteiger partial charge in [0, 0.05) is 42.9 Å². The minimum Gasteiger partial charge on any atom is -0.488 e. The van der Waals surface area contributed by atoms with Crippen LogP contribution >= 0.6 is 0 Å². The van der Waals surface area contributed by atoms with E-state index in [0.717, 1.165) is 29.8 Å². The Morgan fingerprint density at radius 3 is 2.81 bits per heavy atom. The Bertz CT molecular complexity index is 1470. The van der Waals surface area contributed by atoms with E-state index in [1.165, 1.54) is 6.33 Å². The Kier molecular flexibility index (Phi) is 5.85. The number of amides is 1. The molecule has 2 unspecified atom stereocenters. The zero-order valence-electron chi connectivity index (χ0n) is 21.1. The van der Waals surface area contributed by atoms with Crippen LogP contribution < -0.4 is 10.1 Å². The van der Waals surface area contributed by atoms with E-state index in [1.807, 2.05) is 68.6 Å². The third-order valence-corrected chi connectivity index (χ3v) is 7.10. The highest BCUT2D eigenvalue weighted by atomic mass is 16.5. The van der Waals surface area contributed by atoms with Crippen molar-refractivity contribution in [2.45, 2.75) is 6.42 Å². The second-order valence-electron chi connectivity index (χ2n) is 10.0. The van der Waals surface area contributed by atoms with Crippen LogP contribution in [-0.2, 0) is 16.6 Å². The maximum atomic E-state index is 13.3. The summed E-state index contributed by atoms with van der Waals surface area (Å²) in [4.78, 5) is 29.3. The number of carbonyl (C=O) groups excluding carboxylic acids is 1. The average molecular weight is 500 g/mol. The first kappa shape index (κ1) is 23.5. The predicted molar refractivity (Wildman–Crippen MR) is 139 cm³/mol. The Balaban J connectivity index is 1.44. The van der Waals surface area contributed by atoms with E-state index in [2.05, 4.69) is 15.3 Å². The van der Waals surface area contributed by atoms with Gasteiger partial charge in [0.2, 0.25) is 5.91 Å². The van der Waals surface area contributed by atoms with Crippen molar-refractivity contribution in [2.75, 3.05) is 45.8 Å². The van der Waals surface area contributed by atoms with Crippen LogP contribution in [0.4, 0.5) is 5.82 Å². The fourth-order valence-electron chi connectivity index (χ4n) is 4.91. The number of nitrogens with one attached hydrogen (secondary N) is 1. The van der Waals surface area contributed by atoms with Gasteiger partial charge in [-0.15, -0.1) is 0 Å². The fraction of sp³-hybridized carbons (Fsp3) is 0.370. The number of ether oxygens (including phenoxy) is 2. The van der Waals surface area contributed by atoms with Crippen molar-refractivity contribution in [3.8, 4) is 28.3 Å². The van der Waals surface area contributed by atoms with Crippen molar-refractivity contribution in [3.63, 3.8) is 0 Å². The molecule has 1 saturated heterocycles. The number of hydrogen-bond acceptors (Lipinski definition) is 8. The summed E-state index contributed by atoms with van der Waals surface area (Å²) >= 11 is 0. The maximum Gasteiger partial charge on any atom is 0.234 e. The molecule has 10 heteroatoms. The smallest absolute Gasteiger partial charge is 0.234 e. The van der Waals surface area contributed by atoms with E-state index in [9.17, 15) is 4.79 Å². The van der Waals surface area contributed by atoms with E-state index in [-0.39, 0.29) is 11.8 Å². The Morgan fingerprint density at radius 2 is 2.08 bits per heavy atom. The van der Waals surface area contributed by atoms with E-state index < -0.39 is 5.41 Å². The molecule has 2 fully saturated rings. The number of aryl methyl sites for hydroxylation is 1. The number of anilines is 1. The molecule has 1 amide bonds. The van der Waals surface area contributed by atoms with Gasteiger partial charge >= 0.3 is 0 Å². The van der Waals surface area contributed by atoms with E-state index in [4.69, 9.17) is 19.6 Å². The van der Waals surface area contributed by atoms with Crippen LogP contribution in [0.3, 0.4) is 0 Å². The van der Waals surface area contributed by atoms with Crippen molar-refractivity contribution in [2.24, 2.45) is 18.4 Å². The molecule has 0 bridgehead atoms. The highest BCUT2D eigenvalue weighted by Crippen LogP contribution is 2.57. The predicted octanol–water partition coefficient (Wildman–Crippen LogP) is 3.01. The number of pyridine rings is 1. The van der Waals surface area contributed by atoms with Crippen molar-refractivity contribution in [3.05, 3.63) is 48.9 Å². The molecule has 10 nitrogen and oxygen atoms in total. The first-order valence-electron chi connectivity index (χ1n) is 12.4. The first-order chi connectivity index (χ1) is 17.9. The minimum atomic E-state index is -0.461. The van der Waals surface area contributed by atoms with Gasteiger partial charge in [-0.2, -0.15) is 5.10 Å². The largest absolute Gasteiger partial charge is 0.488 e. The topological polar surface area (TPSA) is 107 Å².